The number of nitrogens with one attached hydrogen (secondary N) is 1. The van der Waals surface area contributed by atoms with E-state index in [1.54, 1.807) is 49.4 Å². The Morgan fingerprint density at radius 1 is 1.00 bits per heavy atom. The van der Waals surface area contributed by atoms with Gasteiger partial charge in [0.05, 0.1) is 17.8 Å². The summed E-state index contributed by atoms with van der Waals surface area (Å²) in [7, 11) is -3.91. The van der Waals surface area contributed by atoms with Crippen LogP contribution in [0.3, 0.4) is 0 Å². The predicted octanol–water partition coefficient (Wildman–Crippen LogP) is 2.71. The molecule has 0 fully saturated rings. The maximum atomic E-state index is 13.1. The van der Waals surface area contributed by atoms with Crippen LogP contribution in [-0.2, 0) is 19.6 Å². The van der Waals surface area contributed by atoms with Gasteiger partial charge in [-0.1, -0.05) is 30.3 Å². The molecule has 0 atom stereocenters. The highest BCUT2D eigenvalue weighted by atomic mass is 32.2. The van der Waals surface area contributed by atoms with E-state index in [-0.39, 0.29) is 30.0 Å². The van der Waals surface area contributed by atoms with Crippen molar-refractivity contribution in [3.8, 4) is 0 Å². The highest BCUT2D eigenvalue weighted by Crippen LogP contribution is 2.28. The molecule has 138 valence electrons. The molecular formula is C18H20N2O5S. The van der Waals surface area contributed by atoms with Gasteiger partial charge in [0, 0.05) is 13.0 Å². The summed E-state index contributed by atoms with van der Waals surface area (Å²) >= 11 is 0. The fourth-order valence-electron chi connectivity index (χ4n) is 2.43. The number of carboxylic acid groups (broad SMARTS) is 1. The van der Waals surface area contributed by atoms with E-state index >= 15 is 0 Å². The lowest BCUT2D eigenvalue weighted by molar-refractivity contribution is -0.138. The molecule has 0 bridgehead atoms. The monoisotopic (exact) mass is 376 g/mol. The van der Waals surface area contributed by atoms with Gasteiger partial charge in [-0.05, 0) is 31.2 Å². The second-order valence-electron chi connectivity index (χ2n) is 5.44. The summed E-state index contributed by atoms with van der Waals surface area (Å²) in [6.45, 7) is 1.94. The van der Waals surface area contributed by atoms with E-state index in [1.165, 1.54) is 16.4 Å². The lowest BCUT2D eigenvalue weighted by Crippen LogP contribution is -2.31. The first-order valence-corrected chi connectivity index (χ1v) is 9.48. The molecule has 0 saturated carbocycles. The first kappa shape index (κ1) is 19.5. The highest BCUT2D eigenvalue weighted by Gasteiger charge is 2.26. The molecule has 0 aliphatic heterocycles. The molecule has 26 heavy (non-hydrogen) atoms. The zero-order chi connectivity index (χ0) is 19.2. The molecule has 0 aromatic heterocycles. The summed E-state index contributed by atoms with van der Waals surface area (Å²) in [4.78, 5) is 22.5. The van der Waals surface area contributed by atoms with Crippen molar-refractivity contribution in [2.24, 2.45) is 0 Å². The summed E-state index contributed by atoms with van der Waals surface area (Å²) in [5, 5.41) is 11.2. The average Bonchev–Trinajstić information content (AvgIpc) is 2.61. The van der Waals surface area contributed by atoms with Crippen LogP contribution >= 0.6 is 0 Å². The number of hydrogen-bond acceptors (Lipinski definition) is 4. The van der Waals surface area contributed by atoms with Crippen molar-refractivity contribution < 1.29 is 23.1 Å². The van der Waals surface area contributed by atoms with Crippen LogP contribution in [0.15, 0.2) is 59.5 Å². The zero-order valence-electron chi connectivity index (χ0n) is 14.3. The molecule has 0 unspecified atom stereocenters. The summed E-state index contributed by atoms with van der Waals surface area (Å²) in [6, 6.07) is 14.7. The lowest BCUT2D eigenvalue weighted by atomic mass is 10.2. The quantitative estimate of drug-likeness (QED) is 0.737. The SMILES string of the molecule is CCN(c1ccccc1)S(=O)(=O)c1ccccc1NC(=O)CCC(=O)O. The topological polar surface area (TPSA) is 104 Å². The second-order valence-corrected chi connectivity index (χ2v) is 7.27. The van der Waals surface area contributed by atoms with Crippen molar-refractivity contribution >= 4 is 33.3 Å². The minimum atomic E-state index is -3.91. The van der Waals surface area contributed by atoms with Crippen LogP contribution in [0.4, 0.5) is 11.4 Å². The van der Waals surface area contributed by atoms with E-state index in [1.807, 2.05) is 0 Å². The van der Waals surface area contributed by atoms with Crippen LogP contribution in [-0.4, -0.2) is 31.9 Å². The smallest absolute Gasteiger partial charge is 0.303 e. The average molecular weight is 376 g/mol. The van der Waals surface area contributed by atoms with Gasteiger partial charge in [-0.25, -0.2) is 8.42 Å². The Morgan fingerprint density at radius 2 is 1.62 bits per heavy atom. The molecule has 0 spiro atoms. The number of amides is 1. The molecule has 2 aromatic rings. The van der Waals surface area contributed by atoms with Crippen molar-refractivity contribution in [2.75, 3.05) is 16.2 Å². The number of sulfonamides is 1. The molecule has 0 aliphatic carbocycles. The number of carboxylic acids is 1. The van der Waals surface area contributed by atoms with Crippen LogP contribution in [0.5, 0.6) is 0 Å². The fourth-order valence-corrected chi connectivity index (χ4v) is 4.06. The van der Waals surface area contributed by atoms with Gasteiger partial charge < -0.3 is 10.4 Å². The van der Waals surface area contributed by atoms with Gasteiger partial charge in [0.1, 0.15) is 4.90 Å². The Morgan fingerprint density at radius 3 is 2.23 bits per heavy atom. The van der Waals surface area contributed by atoms with Crippen LogP contribution in [0.2, 0.25) is 0 Å². The van der Waals surface area contributed by atoms with E-state index in [0.717, 1.165) is 0 Å². The summed E-state index contributed by atoms with van der Waals surface area (Å²) < 4.78 is 27.5. The Balaban J connectivity index is 2.35. The first-order valence-electron chi connectivity index (χ1n) is 8.04. The zero-order valence-corrected chi connectivity index (χ0v) is 15.1. The molecule has 8 heteroatoms. The number of rotatable bonds is 8. The normalized spacial score (nSPS) is 11.0. The molecule has 0 saturated heterocycles. The van der Waals surface area contributed by atoms with Gasteiger partial charge in [-0.3, -0.25) is 13.9 Å². The number of aliphatic carboxylic acids is 1. The maximum Gasteiger partial charge on any atom is 0.303 e. The molecule has 0 radical (unpaired) electrons. The minimum absolute atomic E-state index is 0.0469. The molecule has 0 heterocycles. The van der Waals surface area contributed by atoms with Gasteiger partial charge in [0.2, 0.25) is 5.91 Å². The number of carbonyl (C=O) groups excluding carboxylic acids is 1. The standard InChI is InChI=1S/C18H20N2O5S/c1-2-20(14-8-4-3-5-9-14)26(24,25)16-11-7-6-10-15(16)19-17(21)12-13-18(22)23/h3-11H,2,12-13H2,1H3,(H,19,21)(H,22,23). The van der Waals surface area contributed by atoms with E-state index in [4.69, 9.17) is 5.11 Å². The summed E-state index contributed by atoms with van der Waals surface area (Å²) in [5.74, 6) is -1.65. The number of anilines is 2. The molecule has 2 aromatic carbocycles. The maximum absolute atomic E-state index is 13.1. The van der Waals surface area contributed by atoms with Gasteiger partial charge >= 0.3 is 5.97 Å². The minimum Gasteiger partial charge on any atom is -0.481 e. The Hall–Kier alpha value is -2.87. The molecule has 7 nitrogen and oxygen atoms in total. The number of para-hydroxylation sites is 2. The Kier molecular flexibility index (Phi) is 6.35. The fraction of sp³-hybridized carbons (Fsp3) is 0.222. The summed E-state index contributed by atoms with van der Waals surface area (Å²) in [6.07, 6.45) is -0.564. The van der Waals surface area contributed by atoms with Crippen molar-refractivity contribution in [1.29, 1.82) is 0 Å². The first-order chi connectivity index (χ1) is 12.4. The van der Waals surface area contributed by atoms with Gasteiger partial charge in [0.15, 0.2) is 0 Å². The third-order valence-electron chi connectivity index (χ3n) is 3.63. The second kappa shape index (κ2) is 8.48. The lowest BCUT2D eigenvalue weighted by Gasteiger charge is -2.24. The van der Waals surface area contributed by atoms with Crippen molar-refractivity contribution in [2.45, 2.75) is 24.7 Å². The number of nitrogens with zero attached hydrogens (tertiary/aromatic N) is 1. The van der Waals surface area contributed by atoms with Crippen molar-refractivity contribution in [1.82, 2.24) is 0 Å². The van der Waals surface area contributed by atoms with Crippen LogP contribution in [0.1, 0.15) is 19.8 Å². The predicted molar refractivity (Wildman–Crippen MR) is 98.6 cm³/mol. The van der Waals surface area contributed by atoms with Gasteiger partial charge in [0.25, 0.3) is 10.0 Å². The van der Waals surface area contributed by atoms with Gasteiger partial charge in [-0.2, -0.15) is 0 Å². The van der Waals surface area contributed by atoms with E-state index in [2.05, 4.69) is 5.32 Å². The number of hydrogen-bond donors (Lipinski definition) is 2. The largest absolute Gasteiger partial charge is 0.481 e. The molecule has 2 N–H and O–H groups in total. The Labute approximate surface area is 152 Å². The molecule has 2 rings (SSSR count). The third-order valence-corrected chi connectivity index (χ3v) is 5.59. The molecular weight excluding hydrogens is 356 g/mol. The summed E-state index contributed by atoms with van der Waals surface area (Å²) in [5.41, 5.74) is 0.638. The highest BCUT2D eigenvalue weighted by molar-refractivity contribution is 7.93. The van der Waals surface area contributed by atoms with E-state index < -0.39 is 21.9 Å². The van der Waals surface area contributed by atoms with Crippen LogP contribution in [0.25, 0.3) is 0 Å². The molecule has 1 amide bonds. The van der Waals surface area contributed by atoms with E-state index in [9.17, 15) is 18.0 Å². The molecule has 0 aliphatic rings. The van der Waals surface area contributed by atoms with Crippen LogP contribution in [0, 0.1) is 0 Å². The number of carbonyl (C=O) groups is 2. The number of benzene rings is 2. The van der Waals surface area contributed by atoms with Crippen molar-refractivity contribution in [3.05, 3.63) is 54.6 Å². The van der Waals surface area contributed by atoms with Crippen LogP contribution < -0.4 is 9.62 Å². The van der Waals surface area contributed by atoms with Crippen molar-refractivity contribution in [3.63, 3.8) is 0 Å². The van der Waals surface area contributed by atoms with E-state index in [0.29, 0.717) is 5.69 Å². The Bertz CT molecular complexity index is 881. The third kappa shape index (κ3) is 4.60. The van der Waals surface area contributed by atoms with Gasteiger partial charge in [-0.15, -0.1) is 0 Å².